The minimum absolute atomic E-state index is 0.171. The SMILES string of the molecule is CN(CC(=O)O)NC(=O)C[C@@H](N)CCCN. The van der Waals surface area contributed by atoms with E-state index in [1.807, 2.05) is 0 Å². The highest BCUT2D eigenvalue weighted by Crippen LogP contribution is 1.97. The fourth-order valence-corrected chi connectivity index (χ4v) is 1.22. The van der Waals surface area contributed by atoms with Gasteiger partial charge in [0.15, 0.2) is 0 Å². The van der Waals surface area contributed by atoms with Crippen LogP contribution in [0.3, 0.4) is 0 Å². The van der Waals surface area contributed by atoms with Gasteiger partial charge < -0.3 is 16.6 Å². The number of likely N-dealkylation sites (N-methyl/N-ethyl adjacent to an activating group) is 1. The maximum atomic E-state index is 11.4. The molecule has 0 fully saturated rings. The van der Waals surface area contributed by atoms with Crippen molar-refractivity contribution in [2.75, 3.05) is 20.1 Å². The molecule has 16 heavy (non-hydrogen) atoms. The molecule has 0 bridgehead atoms. The third-order valence-corrected chi connectivity index (χ3v) is 1.91. The lowest BCUT2D eigenvalue weighted by atomic mass is 10.1. The van der Waals surface area contributed by atoms with E-state index in [2.05, 4.69) is 5.43 Å². The zero-order chi connectivity index (χ0) is 12.6. The van der Waals surface area contributed by atoms with Gasteiger partial charge in [-0.2, -0.15) is 0 Å². The molecular weight excluding hydrogens is 212 g/mol. The van der Waals surface area contributed by atoms with Crippen LogP contribution >= 0.6 is 0 Å². The van der Waals surface area contributed by atoms with Crippen LogP contribution in [-0.4, -0.2) is 48.2 Å². The summed E-state index contributed by atoms with van der Waals surface area (Å²) in [6, 6.07) is -0.234. The molecule has 0 aliphatic heterocycles. The highest BCUT2D eigenvalue weighted by Gasteiger charge is 2.11. The van der Waals surface area contributed by atoms with E-state index in [0.717, 1.165) is 6.42 Å². The van der Waals surface area contributed by atoms with Gasteiger partial charge in [-0.1, -0.05) is 0 Å². The summed E-state index contributed by atoms with van der Waals surface area (Å²) in [5.41, 5.74) is 13.4. The molecule has 0 radical (unpaired) electrons. The summed E-state index contributed by atoms with van der Waals surface area (Å²) in [7, 11) is 1.48. The molecule has 6 N–H and O–H groups in total. The molecule has 0 saturated heterocycles. The quantitative estimate of drug-likeness (QED) is 0.377. The molecule has 0 aliphatic carbocycles. The number of amides is 1. The fourth-order valence-electron chi connectivity index (χ4n) is 1.22. The topological polar surface area (TPSA) is 122 Å². The number of rotatable bonds is 8. The number of carbonyl (C=O) groups excluding carboxylic acids is 1. The third kappa shape index (κ3) is 8.16. The Kier molecular flexibility index (Phi) is 7.44. The monoisotopic (exact) mass is 232 g/mol. The Morgan fingerprint density at radius 2 is 2.12 bits per heavy atom. The maximum absolute atomic E-state index is 11.4. The van der Waals surface area contributed by atoms with Crippen LogP contribution in [0.4, 0.5) is 0 Å². The first-order chi connectivity index (χ1) is 7.45. The number of carbonyl (C=O) groups is 2. The highest BCUT2D eigenvalue weighted by molar-refractivity contribution is 5.76. The number of hydrogen-bond acceptors (Lipinski definition) is 5. The van der Waals surface area contributed by atoms with Crippen LogP contribution in [0.1, 0.15) is 19.3 Å². The summed E-state index contributed by atoms with van der Waals surface area (Å²) in [5.74, 6) is -1.29. The molecule has 0 rings (SSSR count). The molecule has 0 aromatic carbocycles. The van der Waals surface area contributed by atoms with Gasteiger partial charge >= 0.3 is 5.97 Å². The van der Waals surface area contributed by atoms with E-state index in [1.54, 1.807) is 0 Å². The Hall–Kier alpha value is -1.18. The lowest BCUT2D eigenvalue weighted by molar-refractivity contribution is -0.139. The number of nitrogens with two attached hydrogens (primary N) is 2. The molecule has 7 heteroatoms. The smallest absolute Gasteiger partial charge is 0.319 e. The van der Waals surface area contributed by atoms with Crippen molar-refractivity contribution in [3.63, 3.8) is 0 Å². The van der Waals surface area contributed by atoms with Crippen molar-refractivity contribution >= 4 is 11.9 Å². The first kappa shape index (κ1) is 14.8. The van der Waals surface area contributed by atoms with Crippen molar-refractivity contribution in [1.29, 1.82) is 0 Å². The summed E-state index contributed by atoms with van der Waals surface area (Å²) in [6.45, 7) is 0.304. The average molecular weight is 232 g/mol. The van der Waals surface area contributed by atoms with Crippen molar-refractivity contribution in [3.05, 3.63) is 0 Å². The summed E-state index contributed by atoms with van der Waals surface area (Å²) >= 11 is 0. The summed E-state index contributed by atoms with van der Waals surface area (Å²) < 4.78 is 0. The van der Waals surface area contributed by atoms with Crippen molar-refractivity contribution in [1.82, 2.24) is 10.4 Å². The zero-order valence-corrected chi connectivity index (χ0v) is 9.48. The average Bonchev–Trinajstić information content (AvgIpc) is 2.12. The van der Waals surface area contributed by atoms with Crippen molar-refractivity contribution in [2.45, 2.75) is 25.3 Å². The second-order valence-electron chi connectivity index (χ2n) is 3.68. The van der Waals surface area contributed by atoms with Gasteiger partial charge in [0.1, 0.15) is 6.54 Å². The van der Waals surface area contributed by atoms with Gasteiger partial charge in [0, 0.05) is 19.5 Å². The number of hydrogen-bond donors (Lipinski definition) is 4. The Morgan fingerprint density at radius 1 is 1.50 bits per heavy atom. The predicted molar refractivity (Wildman–Crippen MR) is 59.3 cm³/mol. The number of carboxylic acid groups (broad SMARTS) is 1. The molecule has 0 aromatic rings. The predicted octanol–water partition coefficient (Wildman–Crippen LogP) is -1.51. The number of nitrogens with zero attached hydrogens (tertiary/aromatic N) is 1. The number of carboxylic acids is 1. The molecule has 0 unspecified atom stereocenters. The van der Waals surface area contributed by atoms with Crippen LogP contribution in [-0.2, 0) is 9.59 Å². The second-order valence-corrected chi connectivity index (χ2v) is 3.68. The number of nitrogens with one attached hydrogen (secondary N) is 1. The van der Waals surface area contributed by atoms with Crippen LogP contribution in [0.5, 0.6) is 0 Å². The zero-order valence-electron chi connectivity index (χ0n) is 9.48. The van der Waals surface area contributed by atoms with E-state index in [9.17, 15) is 9.59 Å². The van der Waals surface area contributed by atoms with E-state index < -0.39 is 5.97 Å². The second kappa shape index (κ2) is 8.03. The standard InChI is InChI=1S/C9H20N4O3/c1-13(6-9(15)16)12-8(14)5-7(11)3-2-4-10/h7H,2-6,10-11H2,1H3,(H,12,14)(H,15,16)/t7-/m0/s1. The largest absolute Gasteiger partial charge is 0.480 e. The van der Waals surface area contributed by atoms with Gasteiger partial charge in [-0.3, -0.25) is 15.0 Å². The van der Waals surface area contributed by atoms with Gasteiger partial charge in [-0.25, -0.2) is 5.01 Å². The van der Waals surface area contributed by atoms with E-state index in [4.69, 9.17) is 16.6 Å². The minimum atomic E-state index is -1.00. The normalized spacial score (nSPS) is 12.5. The van der Waals surface area contributed by atoms with E-state index in [-0.39, 0.29) is 24.9 Å². The van der Waals surface area contributed by atoms with Gasteiger partial charge in [0.2, 0.25) is 5.91 Å². The minimum Gasteiger partial charge on any atom is -0.480 e. The van der Waals surface area contributed by atoms with Crippen LogP contribution in [0, 0.1) is 0 Å². The molecule has 0 heterocycles. The molecule has 0 spiro atoms. The lowest BCUT2D eigenvalue weighted by Gasteiger charge is -2.17. The van der Waals surface area contributed by atoms with Crippen molar-refractivity contribution in [3.8, 4) is 0 Å². The first-order valence-electron chi connectivity index (χ1n) is 5.13. The Bertz CT molecular complexity index is 235. The Balaban J connectivity index is 3.76. The van der Waals surface area contributed by atoms with E-state index in [1.165, 1.54) is 12.1 Å². The molecule has 0 aromatic heterocycles. The molecule has 0 aliphatic rings. The highest BCUT2D eigenvalue weighted by atomic mass is 16.4. The van der Waals surface area contributed by atoms with Gasteiger partial charge in [-0.05, 0) is 19.4 Å². The maximum Gasteiger partial charge on any atom is 0.319 e. The van der Waals surface area contributed by atoms with E-state index in [0.29, 0.717) is 13.0 Å². The number of hydrazine groups is 1. The van der Waals surface area contributed by atoms with Crippen LogP contribution < -0.4 is 16.9 Å². The molecule has 1 amide bonds. The van der Waals surface area contributed by atoms with E-state index >= 15 is 0 Å². The first-order valence-corrected chi connectivity index (χ1v) is 5.13. The Morgan fingerprint density at radius 3 is 2.62 bits per heavy atom. The fraction of sp³-hybridized carbons (Fsp3) is 0.778. The third-order valence-electron chi connectivity index (χ3n) is 1.91. The molecular formula is C9H20N4O3. The van der Waals surface area contributed by atoms with Crippen LogP contribution in [0.15, 0.2) is 0 Å². The van der Waals surface area contributed by atoms with Crippen molar-refractivity contribution < 1.29 is 14.7 Å². The summed E-state index contributed by atoms with van der Waals surface area (Å²) in [6.07, 6.45) is 1.63. The molecule has 94 valence electrons. The summed E-state index contributed by atoms with van der Waals surface area (Å²) in [5, 5.41) is 9.67. The molecule has 0 saturated carbocycles. The van der Waals surface area contributed by atoms with Crippen molar-refractivity contribution in [2.24, 2.45) is 11.5 Å². The molecule has 7 nitrogen and oxygen atoms in total. The van der Waals surface area contributed by atoms with Gasteiger partial charge in [0.25, 0.3) is 0 Å². The van der Waals surface area contributed by atoms with Gasteiger partial charge in [-0.15, -0.1) is 0 Å². The van der Waals surface area contributed by atoms with Crippen LogP contribution in [0.25, 0.3) is 0 Å². The summed E-state index contributed by atoms with van der Waals surface area (Å²) in [4.78, 5) is 21.7. The lowest BCUT2D eigenvalue weighted by Crippen LogP contribution is -2.44. The molecule has 1 atom stereocenters. The number of aliphatic carboxylic acids is 1. The van der Waals surface area contributed by atoms with Crippen LogP contribution in [0.2, 0.25) is 0 Å². The van der Waals surface area contributed by atoms with Gasteiger partial charge in [0.05, 0.1) is 0 Å². The Labute approximate surface area is 94.7 Å².